The molecule has 1 aliphatic carbocycles. The molecule has 2 atom stereocenters. The highest BCUT2D eigenvalue weighted by molar-refractivity contribution is 5.99. The van der Waals surface area contributed by atoms with Gasteiger partial charge in [0, 0.05) is 34.5 Å². The molecule has 2 unspecified atom stereocenters. The quantitative estimate of drug-likeness (QED) is 0.177. The maximum atomic E-state index is 6.63. The van der Waals surface area contributed by atoms with E-state index in [0.717, 1.165) is 45.2 Å². The molecular weight excluding hydrogens is 603 g/mol. The molecule has 3 aliphatic rings. The number of aromatic nitrogens is 1. The maximum Gasteiger partial charge on any atom is 0.184 e. The van der Waals surface area contributed by atoms with Gasteiger partial charge in [0.2, 0.25) is 0 Å². The Hall–Kier alpha value is -5.85. The maximum absolute atomic E-state index is 6.63. The molecule has 0 amide bonds. The third kappa shape index (κ3) is 4.48. The molecule has 49 heavy (non-hydrogen) atoms. The van der Waals surface area contributed by atoms with Gasteiger partial charge < -0.3 is 19.6 Å². The van der Waals surface area contributed by atoms with Crippen LogP contribution in [0, 0.1) is 13.8 Å². The molecule has 4 aromatic carbocycles. The fourth-order valence-electron chi connectivity index (χ4n) is 8.13. The number of aliphatic imine (C=N–C) groups is 1. The Morgan fingerprint density at radius 2 is 1.41 bits per heavy atom. The summed E-state index contributed by atoms with van der Waals surface area (Å²) in [5.74, 6) is 1.74. The zero-order chi connectivity index (χ0) is 33.0. The van der Waals surface area contributed by atoms with Gasteiger partial charge in [-0.25, -0.2) is 4.99 Å². The smallest absolute Gasteiger partial charge is 0.184 e. The van der Waals surface area contributed by atoms with Crippen molar-refractivity contribution in [1.82, 2.24) is 20.5 Å². The summed E-state index contributed by atoms with van der Waals surface area (Å²) in [5, 5.41) is 11.2. The van der Waals surface area contributed by atoms with Gasteiger partial charge in [0.05, 0.1) is 17.4 Å². The second-order valence-electron chi connectivity index (χ2n) is 12.9. The highest BCUT2D eigenvalue weighted by Gasteiger charge is 2.48. The standard InChI is InChI=1S/C43H37N5O/c1-28-29(2)48(42-46-40(30-15-7-3-8-16-30)45-41(47-42)31-17-9-4-10-18-31)38-34-23-25-44-27-36(34)43(32-19-11-5-12-20-32,33-21-13-6-14-22-33)35-24-26-49-39(35)37(28)38/h3-26,40,42,44,46H,27H2,1-2H3,(H,45,47). The minimum absolute atomic E-state index is 0.161. The lowest BCUT2D eigenvalue weighted by molar-refractivity contribution is 0.324. The van der Waals surface area contributed by atoms with E-state index < -0.39 is 11.7 Å². The van der Waals surface area contributed by atoms with E-state index in [9.17, 15) is 0 Å². The summed E-state index contributed by atoms with van der Waals surface area (Å²) in [6, 6.07) is 44.9. The van der Waals surface area contributed by atoms with Gasteiger partial charge in [-0.3, -0.25) is 5.32 Å². The molecule has 4 heterocycles. The molecular formula is C43H37N5O. The van der Waals surface area contributed by atoms with Gasteiger partial charge in [-0.15, -0.1) is 0 Å². The van der Waals surface area contributed by atoms with Crippen LogP contribution in [-0.4, -0.2) is 16.9 Å². The van der Waals surface area contributed by atoms with Crippen molar-refractivity contribution >= 4 is 11.4 Å². The number of allylic oxidation sites excluding steroid dienone is 2. The molecule has 2 aromatic heterocycles. The molecule has 240 valence electrons. The average Bonchev–Trinajstić information content (AvgIpc) is 3.73. The summed E-state index contributed by atoms with van der Waals surface area (Å²) in [7, 11) is 0. The predicted octanol–water partition coefficient (Wildman–Crippen LogP) is 8.38. The van der Waals surface area contributed by atoms with Gasteiger partial charge in [-0.1, -0.05) is 121 Å². The Balaban J connectivity index is 1.35. The van der Waals surface area contributed by atoms with Crippen molar-refractivity contribution in [3.63, 3.8) is 0 Å². The zero-order valence-electron chi connectivity index (χ0n) is 27.5. The zero-order valence-corrected chi connectivity index (χ0v) is 27.5. The lowest BCUT2D eigenvalue weighted by atomic mass is 9.63. The highest BCUT2D eigenvalue weighted by Crippen LogP contribution is 2.56. The van der Waals surface area contributed by atoms with E-state index in [0.29, 0.717) is 6.54 Å². The van der Waals surface area contributed by atoms with Crippen LogP contribution in [0.4, 0.5) is 0 Å². The molecule has 6 heteroatoms. The van der Waals surface area contributed by atoms with E-state index in [1.165, 1.54) is 27.8 Å². The first-order valence-corrected chi connectivity index (χ1v) is 16.9. The molecule has 0 saturated heterocycles. The number of nitrogens with zero attached hydrogens (tertiary/aromatic N) is 2. The molecule has 3 N–H and O–H groups in total. The number of hydrogen-bond donors (Lipinski definition) is 3. The number of fused-ring (bicyclic) bond motifs is 4. The van der Waals surface area contributed by atoms with Crippen LogP contribution < -0.4 is 16.0 Å². The van der Waals surface area contributed by atoms with Crippen molar-refractivity contribution in [2.24, 2.45) is 4.99 Å². The normalized spacial score (nSPS) is 19.1. The Labute approximate surface area is 286 Å². The lowest BCUT2D eigenvalue weighted by Gasteiger charge is -2.39. The molecule has 0 bridgehead atoms. The number of rotatable bonds is 5. The first-order valence-electron chi connectivity index (χ1n) is 16.9. The van der Waals surface area contributed by atoms with Crippen molar-refractivity contribution < 1.29 is 4.42 Å². The van der Waals surface area contributed by atoms with Crippen LogP contribution in [0.3, 0.4) is 0 Å². The van der Waals surface area contributed by atoms with Gasteiger partial charge in [0.25, 0.3) is 0 Å². The van der Waals surface area contributed by atoms with Crippen molar-refractivity contribution in [3.8, 4) is 11.3 Å². The van der Waals surface area contributed by atoms with E-state index in [1.54, 1.807) is 0 Å². The van der Waals surface area contributed by atoms with Crippen LogP contribution >= 0.6 is 0 Å². The summed E-state index contributed by atoms with van der Waals surface area (Å²) in [6.45, 7) is 5.10. The lowest BCUT2D eigenvalue weighted by Crippen LogP contribution is -2.47. The van der Waals surface area contributed by atoms with Gasteiger partial charge >= 0.3 is 0 Å². The van der Waals surface area contributed by atoms with E-state index >= 15 is 0 Å². The summed E-state index contributed by atoms with van der Waals surface area (Å²) in [6.07, 6.45) is 5.63. The Bertz CT molecular complexity index is 2210. The second-order valence-corrected chi connectivity index (χ2v) is 12.9. The largest absolute Gasteiger partial charge is 0.464 e. The van der Waals surface area contributed by atoms with Crippen LogP contribution in [0.1, 0.15) is 57.2 Å². The van der Waals surface area contributed by atoms with Crippen LogP contribution in [0.2, 0.25) is 0 Å². The first-order chi connectivity index (χ1) is 24.2. The van der Waals surface area contributed by atoms with E-state index in [2.05, 4.69) is 168 Å². The number of nitrogens with one attached hydrogen (secondary N) is 3. The summed E-state index contributed by atoms with van der Waals surface area (Å²) in [4.78, 5) is 5.41. The van der Waals surface area contributed by atoms with Crippen molar-refractivity contribution in [1.29, 1.82) is 0 Å². The summed E-state index contributed by atoms with van der Waals surface area (Å²) >= 11 is 0. The average molecular weight is 640 g/mol. The van der Waals surface area contributed by atoms with E-state index in [-0.39, 0.29) is 6.17 Å². The van der Waals surface area contributed by atoms with Crippen molar-refractivity contribution in [3.05, 3.63) is 196 Å². The molecule has 6 nitrogen and oxygen atoms in total. The van der Waals surface area contributed by atoms with E-state index in [4.69, 9.17) is 9.41 Å². The van der Waals surface area contributed by atoms with Crippen molar-refractivity contribution in [2.75, 3.05) is 6.54 Å². The third-order valence-electron chi connectivity index (χ3n) is 10.4. The third-order valence-corrected chi connectivity index (χ3v) is 10.4. The van der Waals surface area contributed by atoms with Gasteiger partial charge in [-0.2, -0.15) is 0 Å². The topological polar surface area (TPSA) is 66.5 Å². The second kappa shape index (κ2) is 11.7. The van der Waals surface area contributed by atoms with Crippen LogP contribution in [-0.2, 0) is 5.41 Å². The number of furan rings is 1. The monoisotopic (exact) mass is 639 g/mol. The number of benzene rings is 4. The summed E-state index contributed by atoms with van der Waals surface area (Å²) in [5.41, 5.74) is 12.1. The Kier molecular flexibility index (Phi) is 6.99. The van der Waals surface area contributed by atoms with Crippen LogP contribution in [0.5, 0.6) is 0 Å². The molecule has 0 spiro atoms. The molecule has 0 fully saturated rings. The molecule has 0 saturated carbocycles. The van der Waals surface area contributed by atoms with Gasteiger partial charge in [0.1, 0.15) is 17.8 Å². The highest BCUT2D eigenvalue weighted by atomic mass is 16.3. The Morgan fingerprint density at radius 1 is 0.776 bits per heavy atom. The SMILES string of the molecule is Cc1c2c(n(C3N=C(c4ccccc4)NC(c4ccccc4)N3)c1C)C1=C(CNC=C1)C(c1ccccc1)(c1ccccc1)c1ccoc1-2. The molecule has 0 radical (unpaired) electrons. The summed E-state index contributed by atoms with van der Waals surface area (Å²) < 4.78 is 9.03. The minimum atomic E-state index is -0.602. The number of hydrogen-bond acceptors (Lipinski definition) is 5. The molecule has 6 aromatic rings. The van der Waals surface area contributed by atoms with Crippen LogP contribution in [0.25, 0.3) is 16.9 Å². The van der Waals surface area contributed by atoms with Crippen LogP contribution in [0.15, 0.2) is 161 Å². The van der Waals surface area contributed by atoms with Gasteiger partial charge in [-0.05, 0) is 60.0 Å². The first kappa shape index (κ1) is 29.3. The molecule has 9 rings (SSSR count). The fraction of sp³-hybridized carbons (Fsp3) is 0.140. The van der Waals surface area contributed by atoms with E-state index in [1.807, 2.05) is 12.3 Å². The Morgan fingerprint density at radius 3 is 2.08 bits per heavy atom. The van der Waals surface area contributed by atoms with Gasteiger partial charge in [0.15, 0.2) is 6.29 Å². The van der Waals surface area contributed by atoms with Crippen molar-refractivity contribution in [2.45, 2.75) is 31.7 Å². The molecule has 2 aliphatic heterocycles. The predicted molar refractivity (Wildman–Crippen MR) is 196 cm³/mol. The number of dihydropyridines is 1. The fourth-order valence-corrected chi connectivity index (χ4v) is 8.13. The number of amidine groups is 1. The minimum Gasteiger partial charge on any atom is -0.464 e.